The first-order valence-electron chi connectivity index (χ1n) is 7.73. The molecule has 0 aromatic carbocycles. The minimum absolute atomic E-state index is 0. The highest BCUT2D eigenvalue weighted by atomic mass is 127. The Labute approximate surface area is 143 Å². The van der Waals surface area contributed by atoms with Crippen LogP contribution in [0, 0.1) is 0 Å². The minimum Gasteiger partial charge on any atom is -0.468 e. The van der Waals surface area contributed by atoms with E-state index in [0.29, 0.717) is 6.04 Å². The molecule has 5 nitrogen and oxygen atoms in total. The number of nitrogens with one attached hydrogen (secondary N) is 2. The number of rotatable bonds is 4. The second-order valence-electron chi connectivity index (χ2n) is 5.52. The summed E-state index contributed by atoms with van der Waals surface area (Å²) < 4.78 is 5.65. The third-order valence-electron chi connectivity index (χ3n) is 4.06. The van der Waals surface area contributed by atoms with Gasteiger partial charge in [0.25, 0.3) is 0 Å². The number of furan rings is 1. The molecule has 0 spiro atoms. The van der Waals surface area contributed by atoms with E-state index < -0.39 is 0 Å². The van der Waals surface area contributed by atoms with Crippen LogP contribution in [0.25, 0.3) is 0 Å². The first kappa shape index (κ1) is 16.6. The SMILES string of the molecule is I.c1coc(C(CNC2=NCCCN2)N2CCCCC2)c1. The predicted molar refractivity (Wildman–Crippen MR) is 95.2 cm³/mol. The van der Waals surface area contributed by atoms with Gasteiger partial charge >= 0.3 is 0 Å². The van der Waals surface area contributed by atoms with E-state index in [1.807, 2.05) is 6.07 Å². The predicted octanol–water partition coefficient (Wildman–Crippen LogP) is 2.36. The fourth-order valence-electron chi connectivity index (χ4n) is 2.96. The van der Waals surface area contributed by atoms with Crippen LogP contribution in [-0.2, 0) is 0 Å². The van der Waals surface area contributed by atoms with E-state index in [2.05, 4.69) is 26.6 Å². The third kappa shape index (κ3) is 4.60. The summed E-state index contributed by atoms with van der Waals surface area (Å²) in [5, 5.41) is 6.76. The molecule has 1 saturated heterocycles. The zero-order valence-electron chi connectivity index (χ0n) is 12.4. The number of guanidine groups is 1. The fraction of sp³-hybridized carbons (Fsp3) is 0.667. The van der Waals surface area contributed by atoms with Crippen molar-refractivity contribution in [3.63, 3.8) is 0 Å². The molecular formula is C15H25IN4O. The van der Waals surface area contributed by atoms with Gasteiger partial charge in [-0.2, -0.15) is 0 Å². The summed E-state index contributed by atoms with van der Waals surface area (Å²) in [4.78, 5) is 7.00. The summed E-state index contributed by atoms with van der Waals surface area (Å²) in [6.07, 6.45) is 6.82. The summed E-state index contributed by atoms with van der Waals surface area (Å²) in [5.41, 5.74) is 0. The standard InChI is InChI=1S/C15H24N4O.HI/c1-2-9-19(10-3-1)13(14-6-4-11-20-14)12-18-15-16-7-5-8-17-15;/h4,6,11,13H,1-3,5,7-10,12H2,(H2,16,17,18);1H. The van der Waals surface area contributed by atoms with E-state index in [1.54, 1.807) is 6.26 Å². The van der Waals surface area contributed by atoms with Crippen LogP contribution in [-0.4, -0.2) is 43.6 Å². The Morgan fingerprint density at radius 1 is 1.29 bits per heavy atom. The van der Waals surface area contributed by atoms with E-state index in [-0.39, 0.29) is 24.0 Å². The molecule has 1 atom stereocenters. The summed E-state index contributed by atoms with van der Waals surface area (Å²) in [5.74, 6) is 1.99. The van der Waals surface area contributed by atoms with Gasteiger partial charge in [-0.15, -0.1) is 24.0 Å². The highest BCUT2D eigenvalue weighted by Gasteiger charge is 2.24. The van der Waals surface area contributed by atoms with Crippen molar-refractivity contribution in [2.45, 2.75) is 31.7 Å². The van der Waals surface area contributed by atoms with Gasteiger partial charge in [0.05, 0.1) is 12.3 Å². The van der Waals surface area contributed by atoms with Gasteiger partial charge in [-0.1, -0.05) is 6.42 Å². The van der Waals surface area contributed by atoms with Gasteiger partial charge in [0.2, 0.25) is 0 Å². The first-order chi connectivity index (χ1) is 9.93. The lowest BCUT2D eigenvalue weighted by Crippen LogP contribution is -2.45. The monoisotopic (exact) mass is 404 g/mol. The van der Waals surface area contributed by atoms with Crippen LogP contribution in [0.1, 0.15) is 37.5 Å². The lowest BCUT2D eigenvalue weighted by Gasteiger charge is -2.34. The minimum atomic E-state index is 0. The number of halogens is 1. The van der Waals surface area contributed by atoms with Gasteiger partial charge in [-0.25, -0.2) is 0 Å². The molecule has 118 valence electrons. The van der Waals surface area contributed by atoms with Crippen molar-refractivity contribution < 1.29 is 4.42 Å². The molecule has 1 fully saturated rings. The maximum absolute atomic E-state index is 5.65. The molecule has 1 unspecified atom stereocenters. The molecule has 2 N–H and O–H groups in total. The van der Waals surface area contributed by atoms with Crippen molar-refractivity contribution in [3.05, 3.63) is 24.2 Å². The van der Waals surface area contributed by atoms with E-state index in [0.717, 1.165) is 50.9 Å². The zero-order valence-corrected chi connectivity index (χ0v) is 14.7. The molecule has 0 saturated carbocycles. The number of aliphatic imine (C=N–C) groups is 1. The molecule has 0 bridgehead atoms. The summed E-state index contributed by atoms with van der Waals surface area (Å²) in [6, 6.07) is 4.36. The lowest BCUT2D eigenvalue weighted by molar-refractivity contribution is 0.146. The Balaban J connectivity index is 0.00000161. The van der Waals surface area contributed by atoms with Crippen LogP contribution < -0.4 is 10.6 Å². The fourth-order valence-corrected chi connectivity index (χ4v) is 2.96. The molecule has 3 rings (SSSR count). The smallest absolute Gasteiger partial charge is 0.191 e. The van der Waals surface area contributed by atoms with Crippen molar-refractivity contribution in [2.75, 3.05) is 32.7 Å². The van der Waals surface area contributed by atoms with Crippen LogP contribution in [0.5, 0.6) is 0 Å². The van der Waals surface area contributed by atoms with Gasteiger partial charge < -0.3 is 15.1 Å². The van der Waals surface area contributed by atoms with E-state index >= 15 is 0 Å². The van der Waals surface area contributed by atoms with Crippen molar-refractivity contribution in [3.8, 4) is 0 Å². The van der Waals surface area contributed by atoms with Gasteiger partial charge in [-0.05, 0) is 44.5 Å². The highest BCUT2D eigenvalue weighted by Crippen LogP contribution is 2.24. The lowest BCUT2D eigenvalue weighted by atomic mass is 10.1. The van der Waals surface area contributed by atoms with Gasteiger partial charge in [0.1, 0.15) is 5.76 Å². The molecule has 1 aromatic heterocycles. The summed E-state index contributed by atoms with van der Waals surface area (Å²) in [7, 11) is 0. The van der Waals surface area contributed by atoms with Crippen LogP contribution in [0.2, 0.25) is 0 Å². The van der Waals surface area contributed by atoms with Gasteiger partial charge in [0, 0.05) is 19.6 Å². The topological polar surface area (TPSA) is 52.8 Å². The molecule has 3 heterocycles. The molecule has 6 heteroatoms. The summed E-state index contributed by atoms with van der Waals surface area (Å²) in [6.45, 7) is 5.10. The van der Waals surface area contributed by atoms with Crippen molar-refractivity contribution >= 4 is 29.9 Å². The molecule has 2 aliphatic rings. The van der Waals surface area contributed by atoms with Crippen molar-refractivity contribution in [1.82, 2.24) is 15.5 Å². The molecule has 0 radical (unpaired) electrons. The summed E-state index contributed by atoms with van der Waals surface area (Å²) >= 11 is 0. The molecule has 21 heavy (non-hydrogen) atoms. The Morgan fingerprint density at radius 3 is 2.81 bits per heavy atom. The Bertz CT molecular complexity index is 429. The normalized spacial score (nSPS) is 20.9. The average Bonchev–Trinajstić information content (AvgIpc) is 3.04. The average molecular weight is 404 g/mol. The van der Waals surface area contributed by atoms with Gasteiger partial charge in [-0.3, -0.25) is 9.89 Å². The number of nitrogens with zero attached hydrogens (tertiary/aromatic N) is 2. The van der Waals surface area contributed by atoms with Crippen LogP contribution in [0.3, 0.4) is 0 Å². The second kappa shape index (κ2) is 8.63. The van der Waals surface area contributed by atoms with Crippen molar-refractivity contribution in [2.24, 2.45) is 4.99 Å². The maximum atomic E-state index is 5.65. The number of likely N-dealkylation sites (tertiary alicyclic amines) is 1. The van der Waals surface area contributed by atoms with Crippen LogP contribution in [0.15, 0.2) is 27.8 Å². The first-order valence-corrected chi connectivity index (χ1v) is 7.73. The largest absolute Gasteiger partial charge is 0.468 e. The van der Waals surface area contributed by atoms with Crippen LogP contribution in [0.4, 0.5) is 0 Å². The molecule has 0 aliphatic carbocycles. The number of piperidine rings is 1. The molecule has 1 aromatic rings. The molecule has 2 aliphatic heterocycles. The Hall–Kier alpha value is -0.760. The van der Waals surface area contributed by atoms with E-state index in [9.17, 15) is 0 Å². The zero-order chi connectivity index (χ0) is 13.6. The quantitative estimate of drug-likeness (QED) is 0.757. The maximum Gasteiger partial charge on any atom is 0.191 e. The highest BCUT2D eigenvalue weighted by molar-refractivity contribution is 14.0. The third-order valence-corrected chi connectivity index (χ3v) is 4.06. The van der Waals surface area contributed by atoms with E-state index in [4.69, 9.17) is 4.42 Å². The van der Waals surface area contributed by atoms with Gasteiger partial charge in [0.15, 0.2) is 5.96 Å². The Kier molecular flexibility index (Phi) is 6.82. The van der Waals surface area contributed by atoms with E-state index in [1.165, 1.54) is 19.3 Å². The molecule has 0 amide bonds. The second-order valence-corrected chi connectivity index (χ2v) is 5.52. The van der Waals surface area contributed by atoms with Crippen LogP contribution >= 0.6 is 24.0 Å². The number of hydrogen-bond acceptors (Lipinski definition) is 5. The Morgan fingerprint density at radius 2 is 2.14 bits per heavy atom. The molecular weight excluding hydrogens is 379 g/mol. The van der Waals surface area contributed by atoms with Crippen molar-refractivity contribution in [1.29, 1.82) is 0 Å². The number of hydrogen-bond donors (Lipinski definition) is 2.